The fraction of sp³-hybridized carbons (Fsp3) is 0.514. The standard InChI is InChI=1S/C74H97N7O17/c1-43(2)56(34-55(82)23-26-94-28-27-92-10)68(85)76-48(8)62(83)32-50-15-19-52(20-16-50)41-97-73(90)80-58-36-64(47(7)31-54(58)40-78-38-45(5)29-60(78)71(80)88)95-24-13-12-14-25-96-66-37-59-57(35-65(66)93-11)70(87)79-39-46(6)30-61(79)72(89)81(59)74(91)98-42-53-21-17-51(18-22-53)33-63(84)49(9)77-69(86)67(75)44(3)4/h15-22,31,35-39,43-44,48-49,56,60-61,67,71-72,88-89H,12-14,23-30,32-34,40-42,75H2,1-11H3,(H,76,85)(H,77,86)/t48-,49-,56+,60+,61+,67-,71+,72+/m1/s1. The molecule has 0 aliphatic carbocycles. The van der Waals surface area contributed by atoms with E-state index in [2.05, 4.69) is 10.6 Å². The number of benzene rings is 4. The summed E-state index contributed by atoms with van der Waals surface area (Å²) >= 11 is 0. The first-order chi connectivity index (χ1) is 46.8. The van der Waals surface area contributed by atoms with Crippen LogP contribution in [0, 0.1) is 24.7 Å². The van der Waals surface area contributed by atoms with E-state index in [0.29, 0.717) is 92.2 Å². The molecule has 0 unspecified atom stereocenters. The van der Waals surface area contributed by atoms with Gasteiger partial charge >= 0.3 is 12.2 Å². The Morgan fingerprint density at radius 3 is 1.70 bits per heavy atom. The molecule has 24 nitrogen and oxygen atoms in total. The van der Waals surface area contributed by atoms with Gasteiger partial charge in [-0.1, -0.05) is 87.4 Å². The van der Waals surface area contributed by atoms with Gasteiger partial charge in [0, 0.05) is 63.6 Å². The van der Waals surface area contributed by atoms with Gasteiger partial charge in [0.2, 0.25) is 11.8 Å². The zero-order valence-corrected chi connectivity index (χ0v) is 58.3. The maximum atomic E-state index is 14.3. The number of nitrogens with two attached hydrogens (primary N) is 1. The van der Waals surface area contributed by atoms with Crippen molar-refractivity contribution < 1.29 is 81.7 Å². The number of carbonyl (C=O) groups excluding carboxylic acids is 8. The molecule has 8 rings (SSSR count). The Bertz CT molecular complexity index is 3570. The van der Waals surface area contributed by atoms with Crippen LogP contribution in [0.15, 0.2) is 96.3 Å². The highest BCUT2D eigenvalue weighted by atomic mass is 16.6. The molecule has 0 bridgehead atoms. The lowest BCUT2D eigenvalue weighted by atomic mass is 9.88. The van der Waals surface area contributed by atoms with Crippen LogP contribution in [-0.4, -0.2) is 157 Å². The van der Waals surface area contributed by atoms with E-state index >= 15 is 0 Å². The van der Waals surface area contributed by atoms with Crippen molar-refractivity contribution in [1.29, 1.82) is 0 Å². The minimum absolute atomic E-state index is 0.0333. The summed E-state index contributed by atoms with van der Waals surface area (Å²) in [6.07, 6.45) is 2.16. The molecule has 5 amide bonds. The second-order valence-corrected chi connectivity index (χ2v) is 26.7. The number of anilines is 2. The minimum atomic E-state index is -1.51. The molecule has 0 aromatic heterocycles. The molecule has 4 aliphatic rings. The van der Waals surface area contributed by atoms with E-state index in [1.165, 1.54) is 29.0 Å². The molecule has 0 saturated carbocycles. The van der Waals surface area contributed by atoms with Crippen molar-refractivity contribution in [3.8, 4) is 17.2 Å². The van der Waals surface area contributed by atoms with Gasteiger partial charge in [0.15, 0.2) is 35.5 Å². The van der Waals surface area contributed by atoms with Gasteiger partial charge < -0.3 is 69.5 Å². The Labute approximate surface area is 574 Å². The van der Waals surface area contributed by atoms with E-state index < -0.39 is 72.6 Å². The average molecular weight is 1360 g/mol. The third-order valence-corrected chi connectivity index (χ3v) is 18.3. The number of unbranched alkanes of at least 4 members (excludes halogenated alkanes) is 2. The smallest absolute Gasteiger partial charge is 0.416 e. The van der Waals surface area contributed by atoms with Crippen molar-refractivity contribution in [2.24, 2.45) is 23.5 Å². The van der Waals surface area contributed by atoms with Crippen molar-refractivity contribution in [2.75, 3.05) is 57.1 Å². The Balaban J connectivity index is 0.855. The lowest BCUT2D eigenvalue weighted by molar-refractivity contribution is -0.133. The summed E-state index contributed by atoms with van der Waals surface area (Å²) in [5.41, 5.74) is 12.7. The molecular weight excluding hydrogens is 1260 g/mol. The fourth-order valence-corrected chi connectivity index (χ4v) is 12.3. The summed E-state index contributed by atoms with van der Waals surface area (Å²) in [6.45, 7) is 18.0. The summed E-state index contributed by atoms with van der Waals surface area (Å²) in [5.74, 6) is -1.58. The number of ketones is 3. The maximum absolute atomic E-state index is 14.3. The number of amides is 5. The van der Waals surface area contributed by atoms with Gasteiger partial charge in [-0.3, -0.25) is 28.8 Å². The number of aliphatic hydroxyl groups excluding tert-OH is 2. The van der Waals surface area contributed by atoms with Crippen molar-refractivity contribution in [3.05, 3.63) is 135 Å². The van der Waals surface area contributed by atoms with Gasteiger partial charge in [-0.25, -0.2) is 19.4 Å². The lowest BCUT2D eigenvalue weighted by Gasteiger charge is -2.32. The summed E-state index contributed by atoms with van der Waals surface area (Å²) in [4.78, 5) is 114. The molecular formula is C74H97N7O17. The fourth-order valence-electron chi connectivity index (χ4n) is 12.3. The van der Waals surface area contributed by atoms with Crippen molar-refractivity contribution in [2.45, 2.75) is 183 Å². The van der Waals surface area contributed by atoms with Crippen molar-refractivity contribution in [1.82, 2.24) is 20.4 Å². The molecule has 4 heterocycles. The van der Waals surface area contributed by atoms with Crippen LogP contribution in [0.1, 0.15) is 144 Å². The number of nitrogens with zero attached hydrogens (tertiary/aromatic N) is 4. The van der Waals surface area contributed by atoms with Crippen LogP contribution in [0.5, 0.6) is 17.2 Å². The quantitative estimate of drug-likeness (QED) is 0.0279. The first kappa shape index (κ1) is 75.1. The zero-order valence-electron chi connectivity index (χ0n) is 58.3. The van der Waals surface area contributed by atoms with Crippen LogP contribution in [0.25, 0.3) is 0 Å². The van der Waals surface area contributed by atoms with Gasteiger partial charge in [-0.15, -0.1) is 0 Å². The van der Waals surface area contributed by atoms with Crippen LogP contribution in [-0.2, 0) is 75.5 Å². The van der Waals surface area contributed by atoms with E-state index in [-0.39, 0.29) is 110 Å². The lowest BCUT2D eigenvalue weighted by Crippen LogP contribution is -2.50. The molecule has 24 heteroatoms. The summed E-state index contributed by atoms with van der Waals surface area (Å²) in [7, 11) is 3.01. The van der Waals surface area contributed by atoms with Gasteiger partial charge in [0.25, 0.3) is 5.91 Å². The molecule has 0 saturated heterocycles. The number of carbonyl (C=O) groups is 8. The highest BCUT2D eigenvalue weighted by molar-refractivity contribution is 6.06. The number of aryl methyl sites for hydroxylation is 1. The molecule has 0 radical (unpaired) electrons. The summed E-state index contributed by atoms with van der Waals surface area (Å²) in [6, 6.07) is 17.1. The number of fused-ring (bicyclic) bond motifs is 4. The third-order valence-electron chi connectivity index (χ3n) is 18.3. The number of hydrogen-bond acceptors (Lipinski definition) is 19. The Morgan fingerprint density at radius 2 is 1.13 bits per heavy atom. The Hall–Kier alpha value is -8.68. The van der Waals surface area contributed by atoms with Crippen LogP contribution in [0.3, 0.4) is 0 Å². The summed E-state index contributed by atoms with van der Waals surface area (Å²) < 4.78 is 40.6. The normalized spacial score (nSPS) is 18.4. The Kier molecular flexibility index (Phi) is 26.6. The monoisotopic (exact) mass is 1360 g/mol. The van der Waals surface area contributed by atoms with Crippen molar-refractivity contribution >= 4 is 58.6 Å². The van der Waals surface area contributed by atoms with Gasteiger partial charge in [0.05, 0.1) is 87.3 Å². The van der Waals surface area contributed by atoms with Crippen LogP contribution < -0.4 is 40.4 Å². The third kappa shape index (κ3) is 19.2. The molecule has 6 N–H and O–H groups in total. The van der Waals surface area contributed by atoms with Crippen LogP contribution in [0.2, 0.25) is 0 Å². The Morgan fingerprint density at radius 1 is 0.602 bits per heavy atom. The molecule has 0 fully saturated rings. The number of nitrogens with one attached hydrogen (secondary N) is 2. The van der Waals surface area contributed by atoms with Crippen LogP contribution in [0.4, 0.5) is 21.0 Å². The number of ether oxygens (including phenoxy) is 7. The van der Waals surface area contributed by atoms with E-state index in [9.17, 15) is 48.6 Å². The first-order valence-corrected chi connectivity index (χ1v) is 33.7. The second kappa shape index (κ2) is 34.7. The molecule has 530 valence electrons. The molecule has 98 heavy (non-hydrogen) atoms. The highest BCUT2D eigenvalue weighted by Gasteiger charge is 2.46. The van der Waals surface area contributed by atoms with Crippen LogP contribution >= 0.6 is 0 Å². The van der Waals surface area contributed by atoms with E-state index in [1.807, 2.05) is 65.6 Å². The van der Waals surface area contributed by atoms with E-state index in [0.717, 1.165) is 27.2 Å². The summed E-state index contributed by atoms with van der Waals surface area (Å²) in [5, 5.41) is 29.5. The predicted octanol–water partition coefficient (Wildman–Crippen LogP) is 8.68. The topological polar surface area (TPSA) is 305 Å². The van der Waals surface area contributed by atoms with E-state index in [1.54, 1.807) is 81.8 Å². The van der Waals surface area contributed by atoms with E-state index in [4.69, 9.17) is 38.9 Å². The number of Topliss-reactive ketones (excluding diaryl/α,β-unsaturated/α-hetero) is 3. The van der Waals surface area contributed by atoms with Crippen molar-refractivity contribution in [3.63, 3.8) is 0 Å². The average Bonchev–Trinajstić information content (AvgIpc) is 1.59. The highest BCUT2D eigenvalue weighted by Crippen LogP contribution is 2.43. The maximum Gasteiger partial charge on any atom is 0.416 e. The first-order valence-electron chi connectivity index (χ1n) is 33.7. The number of hydrogen-bond donors (Lipinski definition) is 5. The zero-order chi connectivity index (χ0) is 71.1. The number of methoxy groups -OCH3 is 2. The molecule has 8 atom stereocenters. The molecule has 4 aromatic carbocycles. The van der Waals surface area contributed by atoms with Gasteiger partial charge in [0.1, 0.15) is 24.7 Å². The molecule has 4 aliphatic heterocycles. The minimum Gasteiger partial charge on any atom is -0.493 e. The van der Waals surface area contributed by atoms with Gasteiger partial charge in [-0.2, -0.15) is 0 Å². The number of aliphatic hydroxyl groups is 2. The predicted molar refractivity (Wildman–Crippen MR) is 366 cm³/mol. The van der Waals surface area contributed by atoms with Gasteiger partial charge in [-0.05, 0) is 130 Å². The number of rotatable bonds is 33. The SMILES string of the molecule is COCCOCCC(=O)C[C@H](C(=O)N[C@H](C)C(=O)Cc1ccc(COC(=O)N2c3cc(OCCCCCOc4cc5c(cc4OC)C(=O)N4C=C(C)C[C@H]4[C@H](O)N5C(=O)OCc4ccc(CC(=O)[C@@H](C)NC(=O)[C@H](N)C(C)C)cc4)c(C)cc3CN3C=C(C)C[C@H]3[C@@H]2O)cc1)C(C)C. The largest absolute Gasteiger partial charge is 0.493 e. The molecule has 0 spiro atoms. The molecule has 4 aromatic rings. The second-order valence-electron chi connectivity index (χ2n) is 26.7.